The number of hydrogen-bond acceptors (Lipinski definition) is 4. The number of halogens is 3. The molecule has 0 fully saturated rings. The summed E-state index contributed by atoms with van der Waals surface area (Å²) in [5.41, 5.74) is 2.26. The first-order chi connectivity index (χ1) is 13.4. The molecule has 28 heavy (non-hydrogen) atoms. The Morgan fingerprint density at radius 1 is 1.11 bits per heavy atom. The van der Waals surface area contributed by atoms with E-state index in [2.05, 4.69) is 10.5 Å². The van der Waals surface area contributed by atoms with E-state index in [0.29, 0.717) is 11.3 Å². The van der Waals surface area contributed by atoms with Gasteiger partial charge in [-0.1, -0.05) is 12.1 Å². The Labute approximate surface area is 158 Å². The third kappa shape index (κ3) is 4.59. The molecule has 0 radical (unpaired) electrons. The van der Waals surface area contributed by atoms with Crippen LogP contribution in [0.25, 0.3) is 11.3 Å². The van der Waals surface area contributed by atoms with E-state index in [9.17, 15) is 18.0 Å². The molecule has 1 heterocycles. The van der Waals surface area contributed by atoms with Gasteiger partial charge in [0.25, 0.3) is 5.91 Å². The van der Waals surface area contributed by atoms with Crippen molar-refractivity contribution in [3.63, 3.8) is 0 Å². The Balaban J connectivity index is 1.66. The molecular weight excluding hydrogens is 373 g/mol. The highest BCUT2D eigenvalue weighted by molar-refractivity contribution is 5.94. The molecular formula is C20H15F3N2O3. The molecule has 0 spiro atoms. The van der Waals surface area contributed by atoms with Crippen LogP contribution in [-0.2, 0) is 6.18 Å². The molecule has 3 rings (SSSR count). The van der Waals surface area contributed by atoms with Crippen LogP contribution in [0.2, 0.25) is 0 Å². The van der Waals surface area contributed by atoms with Crippen LogP contribution in [0.15, 0.2) is 70.2 Å². The fourth-order valence-electron chi connectivity index (χ4n) is 2.39. The smallest absolute Gasteiger partial charge is 0.416 e. The lowest BCUT2D eigenvalue weighted by atomic mass is 10.1. The first-order valence-corrected chi connectivity index (χ1v) is 8.12. The lowest BCUT2D eigenvalue weighted by Gasteiger charge is -2.07. The van der Waals surface area contributed by atoms with Crippen LogP contribution in [0.1, 0.15) is 21.7 Å². The number of benzene rings is 2. The van der Waals surface area contributed by atoms with Gasteiger partial charge in [-0.05, 0) is 48.5 Å². The van der Waals surface area contributed by atoms with E-state index in [1.54, 1.807) is 30.3 Å². The van der Waals surface area contributed by atoms with E-state index in [0.717, 1.165) is 12.1 Å². The summed E-state index contributed by atoms with van der Waals surface area (Å²) in [6, 6.07) is 14.4. The molecule has 5 nitrogen and oxygen atoms in total. The quantitative estimate of drug-likeness (QED) is 0.507. The van der Waals surface area contributed by atoms with Crippen molar-refractivity contribution < 1.29 is 27.1 Å². The summed E-state index contributed by atoms with van der Waals surface area (Å²) in [5.74, 6) is 0.734. The Kier molecular flexibility index (Phi) is 5.49. The van der Waals surface area contributed by atoms with E-state index in [-0.39, 0.29) is 17.1 Å². The molecule has 1 N–H and O–H groups in total. The Hall–Kier alpha value is -3.55. The van der Waals surface area contributed by atoms with Gasteiger partial charge in [0.05, 0.1) is 18.9 Å². The van der Waals surface area contributed by atoms with Crippen LogP contribution >= 0.6 is 0 Å². The van der Waals surface area contributed by atoms with Gasteiger partial charge in [-0.2, -0.15) is 18.3 Å². The maximum Gasteiger partial charge on any atom is 0.416 e. The second-order valence-electron chi connectivity index (χ2n) is 5.71. The first-order valence-electron chi connectivity index (χ1n) is 8.12. The zero-order valence-corrected chi connectivity index (χ0v) is 14.7. The second-order valence-corrected chi connectivity index (χ2v) is 5.71. The molecule has 0 saturated heterocycles. The SMILES string of the molecule is COc1ccc(C(=O)NN=Cc2ccc(-c3cccc(C(F)(F)F)c3)o2)cc1. The van der Waals surface area contributed by atoms with Gasteiger partial charge in [0.15, 0.2) is 0 Å². The van der Waals surface area contributed by atoms with Crippen LogP contribution in [0.4, 0.5) is 13.2 Å². The predicted molar refractivity (Wildman–Crippen MR) is 97.2 cm³/mol. The number of methoxy groups -OCH3 is 1. The molecule has 0 aliphatic heterocycles. The third-order valence-electron chi connectivity index (χ3n) is 3.81. The fraction of sp³-hybridized carbons (Fsp3) is 0.100. The van der Waals surface area contributed by atoms with Crippen molar-refractivity contribution in [2.45, 2.75) is 6.18 Å². The monoisotopic (exact) mass is 388 g/mol. The lowest BCUT2D eigenvalue weighted by molar-refractivity contribution is -0.137. The number of hydrogen-bond donors (Lipinski definition) is 1. The normalized spacial score (nSPS) is 11.6. The van der Waals surface area contributed by atoms with Crippen molar-refractivity contribution in [3.8, 4) is 17.1 Å². The Bertz CT molecular complexity index is 992. The van der Waals surface area contributed by atoms with Gasteiger partial charge in [-0.25, -0.2) is 5.43 Å². The minimum atomic E-state index is -4.43. The molecule has 0 aliphatic carbocycles. The average Bonchev–Trinajstić information content (AvgIpc) is 3.16. The van der Waals surface area contributed by atoms with Crippen molar-refractivity contribution in [3.05, 3.63) is 77.6 Å². The van der Waals surface area contributed by atoms with Crippen LogP contribution in [0, 0.1) is 0 Å². The number of alkyl halides is 3. The number of nitrogens with one attached hydrogen (secondary N) is 1. The summed E-state index contributed by atoms with van der Waals surface area (Å²) in [6.45, 7) is 0. The van der Waals surface area contributed by atoms with E-state index in [1.807, 2.05) is 0 Å². The summed E-state index contributed by atoms with van der Waals surface area (Å²) >= 11 is 0. The van der Waals surface area contributed by atoms with E-state index in [1.165, 1.54) is 31.5 Å². The van der Waals surface area contributed by atoms with Crippen LogP contribution in [0.3, 0.4) is 0 Å². The zero-order valence-electron chi connectivity index (χ0n) is 14.7. The summed E-state index contributed by atoms with van der Waals surface area (Å²) < 4.78 is 48.9. The number of carbonyl (C=O) groups is 1. The van der Waals surface area contributed by atoms with Crippen molar-refractivity contribution in [1.29, 1.82) is 0 Å². The van der Waals surface area contributed by atoms with Gasteiger partial charge in [-0.15, -0.1) is 0 Å². The van der Waals surface area contributed by atoms with Crippen molar-refractivity contribution in [2.24, 2.45) is 5.10 Å². The average molecular weight is 388 g/mol. The van der Waals surface area contributed by atoms with Crippen molar-refractivity contribution >= 4 is 12.1 Å². The topological polar surface area (TPSA) is 63.8 Å². The predicted octanol–water partition coefficient (Wildman–Crippen LogP) is 4.74. The second kappa shape index (κ2) is 7.99. The minimum Gasteiger partial charge on any atom is -0.497 e. The Morgan fingerprint density at radius 2 is 1.86 bits per heavy atom. The molecule has 144 valence electrons. The number of hydrazone groups is 1. The van der Waals surface area contributed by atoms with Crippen molar-refractivity contribution in [1.82, 2.24) is 5.43 Å². The number of amides is 1. The van der Waals surface area contributed by atoms with Gasteiger partial charge in [0, 0.05) is 11.1 Å². The Morgan fingerprint density at radius 3 is 2.54 bits per heavy atom. The maximum absolute atomic E-state index is 12.8. The van der Waals surface area contributed by atoms with Crippen LogP contribution < -0.4 is 10.2 Å². The summed E-state index contributed by atoms with van der Waals surface area (Å²) in [6.07, 6.45) is -3.17. The molecule has 1 aromatic heterocycles. The molecule has 0 saturated carbocycles. The fourth-order valence-corrected chi connectivity index (χ4v) is 2.39. The van der Waals surface area contributed by atoms with Gasteiger partial charge >= 0.3 is 6.18 Å². The summed E-state index contributed by atoms with van der Waals surface area (Å²) in [4.78, 5) is 12.0. The number of nitrogens with zero attached hydrogens (tertiary/aromatic N) is 1. The van der Waals surface area contributed by atoms with Gasteiger partial charge in [0.2, 0.25) is 0 Å². The first kappa shape index (κ1) is 19.2. The molecule has 0 unspecified atom stereocenters. The van der Waals surface area contributed by atoms with Crippen LogP contribution in [0.5, 0.6) is 5.75 Å². The standard InChI is InChI=1S/C20H15F3N2O3/c1-27-16-7-5-13(6-8-16)19(26)25-24-12-17-9-10-18(28-17)14-3-2-4-15(11-14)20(21,22)23/h2-12H,1H3,(H,25,26). The number of rotatable bonds is 5. The summed E-state index contributed by atoms with van der Waals surface area (Å²) in [5, 5.41) is 3.79. The van der Waals surface area contributed by atoms with Gasteiger partial charge < -0.3 is 9.15 Å². The lowest BCUT2D eigenvalue weighted by Crippen LogP contribution is -2.17. The minimum absolute atomic E-state index is 0.258. The molecule has 0 aliphatic rings. The number of furan rings is 1. The third-order valence-corrected chi connectivity index (χ3v) is 3.81. The molecule has 2 aromatic carbocycles. The maximum atomic E-state index is 12.8. The molecule has 0 bridgehead atoms. The largest absolute Gasteiger partial charge is 0.497 e. The molecule has 0 atom stereocenters. The zero-order chi connectivity index (χ0) is 20.1. The summed E-state index contributed by atoms with van der Waals surface area (Å²) in [7, 11) is 1.52. The van der Waals surface area contributed by atoms with Gasteiger partial charge in [0.1, 0.15) is 17.3 Å². The van der Waals surface area contributed by atoms with Gasteiger partial charge in [-0.3, -0.25) is 4.79 Å². The molecule has 1 amide bonds. The molecule has 8 heteroatoms. The van der Waals surface area contributed by atoms with Crippen molar-refractivity contribution in [2.75, 3.05) is 7.11 Å². The highest BCUT2D eigenvalue weighted by Gasteiger charge is 2.30. The number of carbonyl (C=O) groups excluding carboxylic acids is 1. The van der Waals surface area contributed by atoms with E-state index >= 15 is 0 Å². The highest BCUT2D eigenvalue weighted by Crippen LogP contribution is 2.32. The van der Waals surface area contributed by atoms with E-state index in [4.69, 9.17) is 9.15 Å². The number of ether oxygens (including phenoxy) is 1. The van der Waals surface area contributed by atoms with E-state index < -0.39 is 17.6 Å². The molecule has 3 aromatic rings. The highest BCUT2D eigenvalue weighted by atomic mass is 19.4. The van der Waals surface area contributed by atoms with Crippen LogP contribution in [-0.4, -0.2) is 19.2 Å².